The number of benzene rings is 1. The van der Waals surface area contributed by atoms with Crippen molar-refractivity contribution >= 4 is 0 Å². The molecule has 2 atom stereocenters. The summed E-state index contributed by atoms with van der Waals surface area (Å²) in [5.74, 6) is 0. The summed E-state index contributed by atoms with van der Waals surface area (Å²) in [4.78, 5) is 2.48. The van der Waals surface area contributed by atoms with Crippen LogP contribution in [0.4, 0.5) is 0 Å². The summed E-state index contributed by atoms with van der Waals surface area (Å²) in [5.41, 5.74) is 4.73. The Hall–Kier alpha value is -0.860. The first-order chi connectivity index (χ1) is 9.40. The minimum Gasteiger partial charge on any atom is -0.386 e. The van der Waals surface area contributed by atoms with Gasteiger partial charge in [-0.15, -0.1) is 0 Å². The summed E-state index contributed by atoms with van der Waals surface area (Å²) >= 11 is 0. The number of nitrogens with zero attached hydrogens (tertiary/aromatic N) is 1. The van der Waals surface area contributed by atoms with Gasteiger partial charge in [0.1, 0.15) is 0 Å². The van der Waals surface area contributed by atoms with E-state index in [-0.39, 0.29) is 5.54 Å². The van der Waals surface area contributed by atoms with Gasteiger partial charge in [0, 0.05) is 5.54 Å². The summed E-state index contributed by atoms with van der Waals surface area (Å²) in [5, 5.41) is 11.1. The number of aliphatic hydroxyl groups excluding tert-OH is 1. The second kappa shape index (κ2) is 5.87. The maximum Gasteiger partial charge on any atom is 0.0973 e. The van der Waals surface area contributed by atoms with Gasteiger partial charge in [-0.1, -0.05) is 19.1 Å². The van der Waals surface area contributed by atoms with Gasteiger partial charge in [-0.3, -0.25) is 4.90 Å². The van der Waals surface area contributed by atoms with E-state index in [1.807, 2.05) is 0 Å². The van der Waals surface area contributed by atoms with E-state index in [1.165, 1.54) is 29.5 Å². The number of aryl methyl sites for hydroxylation is 3. The minimum atomic E-state index is -0.412. The van der Waals surface area contributed by atoms with Crippen molar-refractivity contribution in [2.75, 3.05) is 13.1 Å². The lowest BCUT2D eigenvalue weighted by Crippen LogP contribution is -2.49. The van der Waals surface area contributed by atoms with E-state index in [4.69, 9.17) is 0 Å². The van der Waals surface area contributed by atoms with Gasteiger partial charge in [-0.25, -0.2) is 0 Å². The summed E-state index contributed by atoms with van der Waals surface area (Å²) in [7, 11) is 0. The zero-order valence-electron chi connectivity index (χ0n) is 13.7. The quantitative estimate of drug-likeness (QED) is 0.900. The monoisotopic (exact) mass is 275 g/mol. The predicted molar refractivity (Wildman–Crippen MR) is 85.1 cm³/mol. The fourth-order valence-corrected chi connectivity index (χ4v) is 3.43. The fourth-order valence-electron chi connectivity index (χ4n) is 3.43. The second-order valence-electron chi connectivity index (χ2n) is 6.60. The van der Waals surface area contributed by atoms with E-state index in [9.17, 15) is 5.11 Å². The second-order valence-corrected chi connectivity index (χ2v) is 6.60. The summed E-state index contributed by atoms with van der Waals surface area (Å²) in [6.07, 6.45) is 3.08. The van der Waals surface area contributed by atoms with Crippen LogP contribution in [0, 0.1) is 20.8 Å². The molecule has 1 heterocycles. The van der Waals surface area contributed by atoms with Crippen LogP contribution in [0.1, 0.15) is 61.5 Å². The molecule has 1 aromatic rings. The van der Waals surface area contributed by atoms with Crippen LogP contribution in [0.3, 0.4) is 0 Å². The van der Waals surface area contributed by atoms with E-state index in [0.29, 0.717) is 0 Å². The first kappa shape index (κ1) is 15.5. The van der Waals surface area contributed by atoms with Crippen LogP contribution in [0.2, 0.25) is 0 Å². The van der Waals surface area contributed by atoms with E-state index in [0.717, 1.165) is 25.1 Å². The van der Waals surface area contributed by atoms with Crippen LogP contribution >= 0.6 is 0 Å². The Labute approximate surface area is 123 Å². The third-order valence-electron chi connectivity index (χ3n) is 5.31. The third-order valence-corrected chi connectivity index (χ3v) is 5.31. The van der Waals surface area contributed by atoms with Crippen molar-refractivity contribution < 1.29 is 5.11 Å². The number of hydrogen-bond donors (Lipinski definition) is 1. The molecule has 20 heavy (non-hydrogen) atoms. The van der Waals surface area contributed by atoms with Crippen LogP contribution in [0.25, 0.3) is 0 Å². The highest BCUT2D eigenvalue weighted by Gasteiger charge is 2.39. The molecule has 0 spiro atoms. The molecule has 2 nitrogen and oxygen atoms in total. The molecular weight excluding hydrogens is 246 g/mol. The molecule has 2 rings (SSSR count). The third kappa shape index (κ3) is 2.64. The summed E-state index contributed by atoms with van der Waals surface area (Å²) in [6, 6.07) is 4.38. The van der Waals surface area contributed by atoms with E-state index in [2.05, 4.69) is 51.7 Å². The van der Waals surface area contributed by atoms with Crippen molar-refractivity contribution in [3.63, 3.8) is 0 Å². The standard InChI is InChI=1S/C18H29NO/c1-6-18(5,19-9-7-8-10-19)17(20)16-12-14(3)13(2)11-15(16)4/h11-12,17,20H,6-10H2,1-5H3. The SMILES string of the molecule is CCC(C)(C(O)c1cc(C)c(C)cc1C)N1CCCC1. The van der Waals surface area contributed by atoms with Crippen molar-refractivity contribution in [1.29, 1.82) is 0 Å². The molecule has 0 amide bonds. The topological polar surface area (TPSA) is 23.5 Å². The summed E-state index contributed by atoms with van der Waals surface area (Å²) < 4.78 is 0. The van der Waals surface area contributed by atoms with Crippen molar-refractivity contribution in [1.82, 2.24) is 4.90 Å². The number of hydrogen-bond acceptors (Lipinski definition) is 2. The molecule has 1 aliphatic rings. The van der Waals surface area contributed by atoms with E-state index in [1.54, 1.807) is 0 Å². The fraction of sp³-hybridized carbons (Fsp3) is 0.667. The summed E-state index contributed by atoms with van der Waals surface area (Å²) in [6.45, 7) is 13.0. The molecular formula is C18H29NO. The van der Waals surface area contributed by atoms with E-state index < -0.39 is 6.10 Å². The molecule has 0 saturated carbocycles. The average molecular weight is 275 g/mol. The molecule has 0 aromatic heterocycles. The lowest BCUT2D eigenvalue weighted by atomic mass is 9.82. The minimum absolute atomic E-state index is 0.150. The zero-order chi connectivity index (χ0) is 14.9. The highest BCUT2D eigenvalue weighted by molar-refractivity contribution is 5.38. The maximum atomic E-state index is 11.1. The Morgan fingerprint density at radius 3 is 2.20 bits per heavy atom. The number of rotatable bonds is 4. The zero-order valence-corrected chi connectivity index (χ0v) is 13.7. The Balaban J connectivity index is 2.37. The smallest absolute Gasteiger partial charge is 0.0973 e. The van der Waals surface area contributed by atoms with Gasteiger partial charge in [-0.05, 0) is 82.3 Å². The van der Waals surface area contributed by atoms with Crippen LogP contribution in [-0.4, -0.2) is 28.6 Å². The van der Waals surface area contributed by atoms with Gasteiger partial charge in [0.2, 0.25) is 0 Å². The van der Waals surface area contributed by atoms with Gasteiger partial charge < -0.3 is 5.11 Å². The Morgan fingerprint density at radius 2 is 1.65 bits per heavy atom. The highest BCUT2D eigenvalue weighted by Crippen LogP contribution is 2.38. The molecule has 1 N–H and O–H groups in total. The first-order valence-corrected chi connectivity index (χ1v) is 7.91. The lowest BCUT2D eigenvalue weighted by molar-refractivity contribution is -0.0143. The molecule has 2 unspecified atom stereocenters. The first-order valence-electron chi connectivity index (χ1n) is 7.91. The molecule has 2 heteroatoms. The van der Waals surface area contributed by atoms with Gasteiger partial charge in [0.05, 0.1) is 6.10 Å². The van der Waals surface area contributed by atoms with Crippen molar-refractivity contribution in [3.05, 3.63) is 34.4 Å². The molecule has 0 aliphatic carbocycles. The normalized spacial score (nSPS) is 20.9. The molecule has 0 bridgehead atoms. The van der Waals surface area contributed by atoms with Gasteiger partial charge in [-0.2, -0.15) is 0 Å². The van der Waals surface area contributed by atoms with Crippen LogP contribution in [0.15, 0.2) is 12.1 Å². The van der Waals surface area contributed by atoms with Crippen LogP contribution in [-0.2, 0) is 0 Å². The Kier molecular flexibility index (Phi) is 4.55. The average Bonchev–Trinajstić information content (AvgIpc) is 2.95. The largest absolute Gasteiger partial charge is 0.386 e. The molecule has 112 valence electrons. The van der Waals surface area contributed by atoms with Crippen LogP contribution in [0.5, 0.6) is 0 Å². The van der Waals surface area contributed by atoms with Crippen molar-refractivity contribution in [2.24, 2.45) is 0 Å². The number of likely N-dealkylation sites (tertiary alicyclic amines) is 1. The molecule has 1 aliphatic heterocycles. The van der Waals surface area contributed by atoms with Crippen molar-refractivity contribution in [2.45, 2.75) is 65.5 Å². The Morgan fingerprint density at radius 1 is 1.10 bits per heavy atom. The highest BCUT2D eigenvalue weighted by atomic mass is 16.3. The van der Waals surface area contributed by atoms with Gasteiger partial charge >= 0.3 is 0 Å². The van der Waals surface area contributed by atoms with Gasteiger partial charge in [0.15, 0.2) is 0 Å². The number of aliphatic hydroxyl groups is 1. The lowest BCUT2D eigenvalue weighted by Gasteiger charge is -2.42. The Bertz CT molecular complexity index is 477. The maximum absolute atomic E-state index is 11.1. The van der Waals surface area contributed by atoms with Crippen molar-refractivity contribution in [3.8, 4) is 0 Å². The predicted octanol–water partition coefficient (Wildman–Crippen LogP) is 3.91. The molecule has 1 fully saturated rings. The molecule has 0 radical (unpaired) electrons. The van der Waals surface area contributed by atoms with E-state index >= 15 is 0 Å². The molecule has 1 aromatic carbocycles. The van der Waals surface area contributed by atoms with Gasteiger partial charge in [0.25, 0.3) is 0 Å². The van der Waals surface area contributed by atoms with Crippen LogP contribution < -0.4 is 0 Å². The molecule has 1 saturated heterocycles.